The minimum atomic E-state index is -4.51. The molecule has 0 saturated carbocycles. The van der Waals surface area contributed by atoms with Crippen LogP contribution in [0.2, 0.25) is 0 Å². The van der Waals surface area contributed by atoms with E-state index in [0.717, 1.165) is 66.9 Å². The third-order valence-corrected chi connectivity index (χ3v) is 16.2. The van der Waals surface area contributed by atoms with Crippen molar-refractivity contribution in [2.75, 3.05) is 38.2 Å². The van der Waals surface area contributed by atoms with Crippen molar-refractivity contribution >= 4 is 201 Å². The molecule has 3 heterocycles. The van der Waals surface area contributed by atoms with Gasteiger partial charge in [-0.2, -0.15) is 18.9 Å². The number of nitrogens with one attached hydrogen (secondary N) is 3. The first kappa shape index (κ1) is 106. The second kappa shape index (κ2) is 63.2. The predicted molar refractivity (Wildman–Crippen MR) is 454 cm³/mol. The maximum absolute atomic E-state index is 12.5. The van der Waals surface area contributed by atoms with Gasteiger partial charge in [0.1, 0.15) is 13.2 Å². The normalized spacial score (nSPS) is 10.9. The minimum absolute atomic E-state index is 0. The fourth-order valence-electron chi connectivity index (χ4n) is 8.09. The standard InChI is InChI=1S/C17H15BrN4OS.C16H13BrN2O2.C8H5BrO2.C8H8N2.C8H6O2.C6H15N.C4H8O.C2H4O6S.CH2Cl2.CH4N2S.BHNS.BrH.ClH.H2/c18-14-6-5-13(10-24-17(20)21)15(7-14)16(23)22-9-12-3-1-11(8-19)2-4-12;17-14-6-5-13(10-20)15(7-14)16(21)19-9-12-3-1-11(8-18)2-4-12;9-6-2-1-5-4-11-8(10)7(5)3-6;1-10-8-4-2-7(6-9)3-5-8;9-8-7-4-2-1-3-6(7)5-10-8;1-4-7(5-2)6-3;1-2-4-5-3-1;1-2(3)7-9(5,6)8-4;2-1-3;2-1(3)4;1-2-3;;;/h1-7H,9-10H2,(H3,20,21)(H,22,23);1-7,20H,9-10H2,(H,19,21);1-3H,4H2;2-5H,6,9H2;1-4H,5H2;4-6H2,1-3H3;1-4H2;4H,1H3;1H2;(H4,2,3,4);3H;3*1H. The van der Waals surface area contributed by atoms with Gasteiger partial charge in [-0.3, -0.25) is 19.8 Å². The van der Waals surface area contributed by atoms with Crippen molar-refractivity contribution in [3.63, 3.8) is 0 Å². The number of thioether (sulfide) groups is 1. The second-order valence-corrected chi connectivity index (χ2v) is 27.0. The summed E-state index contributed by atoms with van der Waals surface area (Å²) < 4.78 is 45.8. The van der Waals surface area contributed by atoms with Crippen LogP contribution < -0.4 is 33.6 Å². The largest absolute Gasteiger partial charge is 0.326 e. The first-order valence-corrected chi connectivity index (χ1v) is 38.0. The Morgan fingerprint density at radius 2 is 1.16 bits per heavy atom. The summed E-state index contributed by atoms with van der Waals surface area (Å²) in [6.07, 6.45) is 2.56. The number of hydrogen-bond acceptors (Lipinski definition) is 23. The summed E-state index contributed by atoms with van der Waals surface area (Å²) in [6.45, 7) is 21.6. The van der Waals surface area contributed by atoms with E-state index in [-0.39, 0.29) is 76.8 Å². The number of thiocarbonyl (C=S) groups is 1. The third-order valence-electron chi connectivity index (χ3n) is 13.3. The van der Waals surface area contributed by atoms with Crippen molar-refractivity contribution in [2.45, 2.75) is 85.7 Å². The molecule has 0 atom stereocenters. The molecule has 0 spiro atoms. The average molecular weight is 1900 g/mol. The van der Waals surface area contributed by atoms with Gasteiger partial charge in [0.05, 0.1) is 52.9 Å². The van der Waals surface area contributed by atoms with Crippen LogP contribution in [0.3, 0.4) is 0 Å². The van der Waals surface area contributed by atoms with Crippen LogP contribution in [-0.4, -0.2) is 110 Å². The smallest absolute Gasteiger partial charge is 0.187 e. The Morgan fingerprint density at radius 3 is 1.51 bits per heavy atom. The van der Waals surface area contributed by atoms with Crippen LogP contribution in [0.1, 0.15) is 133 Å². The van der Waals surface area contributed by atoms with Gasteiger partial charge in [-0.1, -0.05) is 170 Å². The number of ether oxygens (including phenoxy) is 3. The molecule has 0 unspecified atom stereocenters. The number of amidine groups is 1. The number of carbonyl (C=O) groups is 5. The number of hydrogen-bond donors (Lipinski definition) is 10. The zero-order chi connectivity index (χ0) is 80.7. The van der Waals surface area contributed by atoms with Crippen LogP contribution in [0.15, 0.2) is 169 Å². The molecule has 3 aliphatic rings. The molecule has 589 valence electrons. The van der Waals surface area contributed by atoms with Crippen LogP contribution >= 0.6 is 137 Å². The molecule has 7 aromatic carbocycles. The van der Waals surface area contributed by atoms with E-state index in [1.165, 1.54) is 44.2 Å². The number of carbonyl (C=O) groups excluding carboxylic acids is 5. The molecule has 7 aromatic rings. The molecule has 3 aliphatic heterocycles. The van der Waals surface area contributed by atoms with E-state index in [4.69, 9.17) is 76.6 Å². The molecule has 2 amide bonds. The first-order chi connectivity index (χ1) is 51.0. The molecule has 0 aliphatic carbocycles. The number of aliphatic hydroxyl groups excluding tert-OH is 1. The maximum Gasteiger partial charge on any atom is 0.187 e. The Labute approximate surface area is 705 Å². The second-order valence-electron chi connectivity index (χ2n) is 20.6. The van der Waals surface area contributed by atoms with Crippen LogP contribution in [0, 0.1) is 34.6 Å². The van der Waals surface area contributed by atoms with Crippen molar-refractivity contribution < 1.29 is 66.9 Å². The van der Waals surface area contributed by atoms with E-state index in [9.17, 15) is 37.5 Å². The van der Waals surface area contributed by atoms with Crippen molar-refractivity contribution in [3.8, 4) is 12.1 Å². The number of nitrogens with two attached hydrogens (primary N) is 4. The van der Waals surface area contributed by atoms with Gasteiger partial charge in [0.25, 0.3) is 11.8 Å². The van der Waals surface area contributed by atoms with Crippen LogP contribution in [0.4, 0.5) is 5.69 Å². The number of cyclic esters (lactones) is 2. The Balaban J connectivity index is -0.000000594. The molecule has 26 nitrogen and oxygen atoms in total. The Bertz CT molecular complexity index is 4180. The number of fused-ring (bicyclic) bond motifs is 2. The van der Waals surface area contributed by atoms with E-state index in [2.05, 4.69) is 152 Å². The van der Waals surface area contributed by atoms with Gasteiger partial charge in [0.15, 0.2) is 16.0 Å². The number of thiol groups is 1. The number of nitriles is 2. The molecular weight excluding hydrogens is 1810 g/mol. The summed E-state index contributed by atoms with van der Waals surface area (Å²) in [5.74, 6) is -1.48. The van der Waals surface area contributed by atoms with Gasteiger partial charge in [0.2, 0.25) is 0 Å². The van der Waals surface area contributed by atoms with Gasteiger partial charge in [0, 0.05) is 82.6 Å². The van der Waals surface area contributed by atoms with Crippen molar-refractivity contribution in [1.29, 1.82) is 15.9 Å². The van der Waals surface area contributed by atoms with Crippen molar-refractivity contribution in [1.82, 2.24) is 15.5 Å². The fourth-order valence-corrected chi connectivity index (χ4v) is 10.1. The average Bonchev–Trinajstić information content (AvgIpc) is 1.64. The Kier molecular flexibility index (Phi) is 61.4. The summed E-state index contributed by atoms with van der Waals surface area (Å²) >= 11 is 28.0. The maximum atomic E-state index is 12.5. The van der Waals surface area contributed by atoms with E-state index < -0.39 is 16.4 Å². The summed E-state index contributed by atoms with van der Waals surface area (Å²) in [5.41, 5.74) is 30.4. The van der Waals surface area contributed by atoms with Gasteiger partial charge < -0.3 is 62.0 Å². The number of benzene rings is 7. The monoisotopic (exact) mass is 1890 g/mol. The molecule has 109 heavy (non-hydrogen) atoms. The molecular formula is C71H85BBr4Cl3N12O14S4. The van der Waals surface area contributed by atoms with Crippen LogP contribution in [-0.2, 0) is 83.1 Å². The van der Waals surface area contributed by atoms with E-state index in [0.29, 0.717) is 83.2 Å². The van der Waals surface area contributed by atoms with Crippen molar-refractivity contribution in [3.05, 3.63) is 249 Å². The van der Waals surface area contributed by atoms with Crippen LogP contribution in [0.5, 0.6) is 0 Å². The predicted octanol–water partition coefficient (Wildman–Crippen LogP) is 14.8. The Hall–Kier alpha value is -7.42. The molecule has 1 saturated heterocycles. The number of alkyl halides is 2. The molecule has 0 bridgehead atoms. The number of nitrogens with zero attached hydrogens (tertiary/aromatic N) is 5. The van der Waals surface area contributed by atoms with E-state index in [1.54, 1.807) is 84.9 Å². The van der Waals surface area contributed by atoms with Gasteiger partial charge in [-0.15, -0.1) is 52.6 Å². The fraction of sp³-hybridized carbons (Fsp3) is 0.268. The molecule has 1 fully saturated rings. The molecule has 0 aromatic heterocycles. The summed E-state index contributed by atoms with van der Waals surface area (Å²) in [6, 6.07) is 49.1. The molecule has 1 radical (unpaired) electrons. The number of amides is 2. The number of esters is 2. The summed E-state index contributed by atoms with van der Waals surface area (Å²) in [7, 11) is -0.176. The quantitative estimate of drug-likeness (QED) is 0.00435. The van der Waals surface area contributed by atoms with Crippen LogP contribution in [0.25, 0.3) is 4.85 Å². The number of aliphatic hydroxyl groups is 1. The molecule has 38 heteroatoms. The summed E-state index contributed by atoms with van der Waals surface area (Å²) in [4.78, 5) is 61.9. The first-order valence-electron chi connectivity index (χ1n) is 31.4. The minimum Gasteiger partial charge on any atom is -0.326 e. The zero-order valence-corrected chi connectivity index (χ0v) is 71.5. The molecule has 10 rings (SSSR count). The number of halogens is 7. The number of rotatable bonds is 15. The van der Waals surface area contributed by atoms with Gasteiger partial charge in [-0.05, 0) is 139 Å². The summed E-state index contributed by atoms with van der Waals surface area (Å²) in [5, 5.41) is 47.5. The Morgan fingerprint density at radius 1 is 0.752 bits per heavy atom. The van der Waals surface area contributed by atoms with E-state index in [1.807, 2.05) is 72.8 Å². The SMILES string of the molecule is Br.C1CCOC1.CC(=O)OS(=O)(=O)OO.CCN(CC)CC.Cl.ClCCl.N#Cc1ccc(CNC(=O)c2cc(Br)ccc2CO)cc1.N#Cc1ccc(CNC(=O)c2cc(Br)ccc2CSC(=N)N)cc1.NC(N)=S.O=C1OCc2ccc(Br)cc21.O=C1OCc2ccccc21.[B]=NS.[C-]#[N+]c1ccc(CN)cc1.[HH]. The van der Waals surface area contributed by atoms with Gasteiger partial charge in [-0.25, -0.2) is 19.7 Å². The van der Waals surface area contributed by atoms with E-state index >= 15 is 0 Å². The third kappa shape index (κ3) is 48.1. The van der Waals surface area contributed by atoms with Gasteiger partial charge >= 0.3 is 53.1 Å². The molecule has 13 N–H and O–H groups in total. The van der Waals surface area contributed by atoms with Crippen molar-refractivity contribution in [2.24, 2.45) is 27.2 Å². The topological polar surface area (TPSA) is 426 Å². The zero-order valence-electron chi connectivity index (χ0n) is 59.3.